The zero-order valence-electron chi connectivity index (χ0n) is 10.6. The lowest BCUT2D eigenvalue weighted by molar-refractivity contribution is -0.146. The second-order valence-electron chi connectivity index (χ2n) is 3.99. The third kappa shape index (κ3) is 3.41. The number of carboxylic acid groups (broad SMARTS) is 1. The molecular weight excluding hydrogens is 314 g/mol. The van der Waals surface area contributed by atoms with Gasteiger partial charge >= 0.3 is 5.97 Å². The van der Waals surface area contributed by atoms with Crippen LogP contribution in [0.15, 0.2) is 39.9 Å². The molecule has 0 aromatic carbocycles. The Kier molecular flexibility index (Phi) is 4.94. The highest BCUT2D eigenvalue weighted by molar-refractivity contribution is 8.26. The summed E-state index contributed by atoms with van der Waals surface area (Å²) in [5.41, 5.74) is 0. The van der Waals surface area contributed by atoms with Crippen molar-refractivity contribution >= 4 is 46.3 Å². The molecule has 2 rings (SSSR count). The quantitative estimate of drug-likeness (QED) is 0.626. The fraction of sp³-hybridized carbons (Fsp3) is 0.154. The van der Waals surface area contributed by atoms with Gasteiger partial charge < -0.3 is 14.6 Å². The smallest absolute Gasteiger partial charge is 0.329 e. The minimum atomic E-state index is -1.36. The first-order chi connectivity index (χ1) is 10.0. The van der Waals surface area contributed by atoms with E-state index in [0.717, 1.165) is 16.7 Å². The predicted molar refractivity (Wildman–Crippen MR) is 81.4 cm³/mol. The van der Waals surface area contributed by atoms with E-state index in [1.165, 1.54) is 12.3 Å². The van der Waals surface area contributed by atoms with Crippen molar-refractivity contribution in [3.05, 3.63) is 41.2 Å². The van der Waals surface area contributed by atoms with Gasteiger partial charge in [-0.3, -0.25) is 9.69 Å². The molecule has 2 N–H and O–H groups in total. The zero-order chi connectivity index (χ0) is 15.4. The third-order valence-electron chi connectivity index (χ3n) is 2.64. The molecule has 0 radical (unpaired) electrons. The highest BCUT2D eigenvalue weighted by atomic mass is 32.2. The Morgan fingerprint density at radius 3 is 2.90 bits per heavy atom. The number of carbonyl (C=O) groups excluding carboxylic acids is 1. The van der Waals surface area contributed by atoms with Gasteiger partial charge in [-0.15, -0.1) is 0 Å². The van der Waals surface area contributed by atoms with Crippen LogP contribution in [0.5, 0.6) is 0 Å². The first kappa shape index (κ1) is 15.5. The van der Waals surface area contributed by atoms with E-state index < -0.39 is 24.5 Å². The number of rotatable bonds is 5. The molecular formula is C13H11NO5S2. The zero-order valence-corrected chi connectivity index (χ0v) is 12.3. The van der Waals surface area contributed by atoms with Crippen LogP contribution in [0.3, 0.4) is 0 Å². The average molecular weight is 325 g/mol. The van der Waals surface area contributed by atoms with E-state index in [4.69, 9.17) is 26.8 Å². The molecule has 1 fully saturated rings. The number of aliphatic hydroxyl groups is 1. The van der Waals surface area contributed by atoms with Gasteiger partial charge in [0.15, 0.2) is 6.04 Å². The number of nitrogens with zero attached hydrogens (tertiary/aromatic N) is 1. The fourth-order valence-corrected chi connectivity index (χ4v) is 2.96. The Balaban J connectivity index is 2.15. The fourth-order valence-electron chi connectivity index (χ4n) is 1.65. The molecule has 1 unspecified atom stereocenters. The minimum absolute atomic E-state index is 0.110. The van der Waals surface area contributed by atoms with Crippen molar-refractivity contribution in [3.8, 4) is 0 Å². The lowest BCUT2D eigenvalue weighted by Gasteiger charge is -2.20. The number of thioether (sulfide) groups is 1. The molecule has 0 spiro atoms. The van der Waals surface area contributed by atoms with Gasteiger partial charge in [0.05, 0.1) is 17.8 Å². The number of aliphatic carboxylic acids is 1. The van der Waals surface area contributed by atoms with Gasteiger partial charge in [0.2, 0.25) is 0 Å². The third-order valence-corrected chi connectivity index (χ3v) is 3.99. The lowest BCUT2D eigenvalue weighted by atomic mass is 10.2. The Bertz CT molecular complexity index is 621. The number of hydrogen-bond acceptors (Lipinski definition) is 6. The van der Waals surface area contributed by atoms with Crippen molar-refractivity contribution in [2.45, 2.75) is 6.04 Å². The van der Waals surface area contributed by atoms with Crippen molar-refractivity contribution in [2.75, 3.05) is 6.61 Å². The van der Waals surface area contributed by atoms with E-state index in [1.54, 1.807) is 24.3 Å². The van der Waals surface area contributed by atoms with Crippen LogP contribution in [0.2, 0.25) is 0 Å². The molecule has 1 amide bonds. The second-order valence-corrected chi connectivity index (χ2v) is 5.66. The van der Waals surface area contributed by atoms with Gasteiger partial charge in [-0.2, -0.15) is 0 Å². The Morgan fingerprint density at radius 2 is 2.33 bits per heavy atom. The molecule has 1 aromatic rings. The van der Waals surface area contributed by atoms with Crippen LogP contribution in [0.25, 0.3) is 6.08 Å². The maximum atomic E-state index is 12.1. The molecule has 1 aliphatic heterocycles. The largest absolute Gasteiger partial charge is 0.480 e. The lowest BCUT2D eigenvalue weighted by Crippen LogP contribution is -2.46. The molecule has 21 heavy (non-hydrogen) atoms. The second kappa shape index (κ2) is 6.70. The Morgan fingerprint density at radius 1 is 1.57 bits per heavy atom. The van der Waals surface area contributed by atoms with E-state index in [2.05, 4.69) is 0 Å². The van der Waals surface area contributed by atoms with Crippen molar-refractivity contribution < 1.29 is 24.2 Å². The first-order valence-electron chi connectivity index (χ1n) is 5.85. The van der Waals surface area contributed by atoms with Crippen LogP contribution in [-0.4, -0.2) is 44.0 Å². The Hall–Kier alpha value is -1.90. The van der Waals surface area contributed by atoms with Crippen LogP contribution in [0.1, 0.15) is 5.76 Å². The van der Waals surface area contributed by atoms with Gasteiger partial charge in [0.25, 0.3) is 5.91 Å². The van der Waals surface area contributed by atoms with E-state index >= 15 is 0 Å². The van der Waals surface area contributed by atoms with Crippen molar-refractivity contribution in [1.82, 2.24) is 4.90 Å². The van der Waals surface area contributed by atoms with E-state index in [-0.39, 0.29) is 4.32 Å². The molecule has 1 aliphatic rings. The first-order valence-corrected chi connectivity index (χ1v) is 7.08. The van der Waals surface area contributed by atoms with E-state index in [0.29, 0.717) is 10.7 Å². The summed E-state index contributed by atoms with van der Waals surface area (Å²) in [6, 6.07) is 2.12. The molecule has 0 saturated carbocycles. The molecule has 110 valence electrons. The number of hydrogen-bond donors (Lipinski definition) is 2. The van der Waals surface area contributed by atoms with Gasteiger partial charge in [-0.25, -0.2) is 4.79 Å². The number of amides is 1. The van der Waals surface area contributed by atoms with Gasteiger partial charge in [0.1, 0.15) is 10.1 Å². The standard InChI is InChI=1S/C13H11NO5S2/c15-7-9(12(17)18)14-11(16)10(21-13(14)20)5-1-3-8-4-2-6-19-8/h1-6,9,15H,7H2,(H,17,18)/b3-1+,10-5-. The summed E-state index contributed by atoms with van der Waals surface area (Å²) in [4.78, 5) is 24.4. The maximum Gasteiger partial charge on any atom is 0.329 e. The van der Waals surface area contributed by atoms with Gasteiger partial charge in [-0.1, -0.05) is 30.1 Å². The van der Waals surface area contributed by atoms with Crippen LogP contribution in [0.4, 0.5) is 0 Å². The summed E-state index contributed by atoms with van der Waals surface area (Å²) in [5, 5.41) is 18.1. The number of allylic oxidation sites excluding steroid dienone is 2. The number of thiocarbonyl (C=S) groups is 1. The summed E-state index contributed by atoms with van der Waals surface area (Å²) in [6.07, 6.45) is 6.32. The van der Waals surface area contributed by atoms with Gasteiger partial charge in [0, 0.05) is 0 Å². The highest BCUT2D eigenvalue weighted by Crippen LogP contribution is 2.32. The van der Waals surface area contributed by atoms with Crippen molar-refractivity contribution in [3.63, 3.8) is 0 Å². The van der Waals surface area contributed by atoms with Crippen LogP contribution in [-0.2, 0) is 9.59 Å². The Labute approximate surface area is 129 Å². The van der Waals surface area contributed by atoms with Crippen LogP contribution >= 0.6 is 24.0 Å². The number of aliphatic hydroxyl groups excluding tert-OH is 1. The summed E-state index contributed by atoms with van der Waals surface area (Å²) < 4.78 is 5.21. The summed E-state index contributed by atoms with van der Waals surface area (Å²) in [5.74, 6) is -1.21. The van der Waals surface area contributed by atoms with Crippen LogP contribution in [0, 0.1) is 0 Å². The van der Waals surface area contributed by atoms with Crippen molar-refractivity contribution in [2.24, 2.45) is 0 Å². The average Bonchev–Trinajstić information content (AvgIpc) is 3.03. The van der Waals surface area contributed by atoms with Gasteiger partial charge in [-0.05, 0) is 24.3 Å². The SMILES string of the molecule is O=C(O)C(CO)N1C(=O)/C(=C/C=C/c2ccco2)SC1=S. The minimum Gasteiger partial charge on any atom is -0.480 e. The topological polar surface area (TPSA) is 91.0 Å². The normalized spacial score (nSPS) is 18.9. The summed E-state index contributed by atoms with van der Waals surface area (Å²) in [6.45, 7) is -0.697. The molecule has 0 aliphatic carbocycles. The van der Waals surface area contributed by atoms with E-state index in [9.17, 15) is 9.59 Å². The van der Waals surface area contributed by atoms with E-state index in [1.807, 2.05) is 0 Å². The van der Waals surface area contributed by atoms with Crippen molar-refractivity contribution in [1.29, 1.82) is 0 Å². The molecule has 8 heteroatoms. The van der Waals surface area contributed by atoms with Crippen LogP contribution < -0.4 is 0 Å². The molecule has 0 bridgehead atoms. The summed E-state index contributed by atoms with van der Waals surface area (Å²) >= 11 is 5.99. The molecule has 2 heterocycles. The molecule has 1 atom stereocenters. The summed E-state index contributed by atoms with van der Waals surface area (Å²) in [7, 11) is 0. The number of carbonyl (C=O) groups is 2. The number of furan rings is 1. The monoisotopic (exact) mass is 325 g/mol. The highest BCUT2D eigenvalue weighted by Gasteiger charge is 2.39. The molecule has 1 aromatic heterocycles. The molecule has 6 nitrogen and oxygen atoms in total. The predicted octanol–water partition coefficient (Wildman–Crippen LogP) is 1.48. The maximum absolute atomic E-state index is 12.1. The molecule has 1 saturated heterocycles. The number of carboxylic acids is 1.